The summed E-state index contributed by atoms with van der Waals surface area (Å²) < 4.78 is 0. The number of aryl methyl sites for hydroxylation is 1. The summed E-state index contributed by atoms with van der Waals surface area (Å²) in [4.78, 5) is 13.2. The third-order valence-electron chi connectivity index (χ3n) is 4.76. The van der Waals surface area contributed by atoms with E-state index in [2.05, 4.69) is 5.32 Å². The first-order valence-corrected chi connectivity index (χ1v) is 7.90. The summed E-state index contributed by atoms with van der Waals surface area (Å²) in [6, 6.07) is 22.9. The zero-order valence-corrected chi connectivity index (χ0v) is 13.3. The maximum atomic E-state index is 13.2. The summed E-state index contributed by atoms with van der Waals surface area (Å²) in [5, 5.41) is 12.9. The standard InChI is InChI=1S/C21H17NO2/c1-14-13-16(11-12-19(14)23)21(15-7-3-2-4-8-15)17-9-5-6-10-18(17)22-20(21)24/h2-13,23H,1H3,(H,22,24). The minimum absolute atomic E-state index is 0.0695. The number of benzene rings is 3. The smallest absolute Gasteiger partial charge is 0.244 e. The maximum absolute atomic E-state index is 13.2. The summed E-state index contributed by atoms with van der Waals surface area (Å²) >= 11 is 0. The number of carbonyl (C=O) groups excluding carboxylic acids is 1. The molecule has 1 aliphatic rings. The Morgan fingerprint density at radius 2 is 1.58 bits per heavy atom. The number of fused-ring (bicyclic) bond motifs is 1. The van der Waals surface area contributed by atoms with Crippen molar-refractivity contribution in [1.29, 1.82) is 0 Å². The molecule has 3 heteroatoms. The highest BCUT2D eigenvalue weighted by Gasteiger charge is 2.49. The van der Waals surface area contributed by atoms with E-state index >= 15 is 0 Å². The van der Waals surface area contributed by atoms with Crippen LogP contribution < -0.4 is 5.32 Å². The van der Waals surface area contributed by atoms with E-state index in [1.807, 2.05) is 73.7 Å². The zero-order valence-electron chi connectivity index (χ0n) is 13.3. The Labute approximate surface area is 140 Å². The van der Waals surface area contributed by atoms with Crippen molar-refractivity contribution in [1.82, 2.24) is 0 Å². The lowest BCUT2D eigenvalue weighted by atomic mass is 9.70. The Morgan fingerprint density at radius 3 is 2.33 bits per heavy atom. The Balaban J connectivity index is 2.09. The van der Waals surface area contributed by atoms with Crippen LogP contribution in [-0.2, 0) is 10.2 Å². The average molecular weight is 315 g/mol. The summed E-state index contributed by atoms with van der Waals surface area (Å²) in [6.07, 6.45) is 0. The molecule has 1 atom stereocenters. The lowest BCUT2D eigenvalue weighted by Gasteiger charge is -2.29. The fourth-order valence-electron chi connectivity index (χ4n) is 3.57. The summed E-state index contributed by atoms with van der Waals surface area (Å²) in [7, 11) is 0. The van der Waals surface area contributed by atoms with Gasteiger partial charge in [0, 0.05) is 11.3 Å². The second kappa shape index (κ2) is 5.24. The molecule has 2 N–H and O–H groups in total. The highest BCUT2D eigenvalue weighted by atomic mass is 16.3. The van der Waals surface area contributed by atoms with Crippen LogP contribution in [0.15, 0.2) is 72.8 Å². The molecule has 24 heavy (non-hydrogen) atoms. The average Bonchev–Trinajstić information content (AvgIpc) is 2.91. The largest absolute Gasteiger partial charge is 0.508 e. The Bertz CT molecular complexity index is 934. The van der Waals surface area contributed by atoms with Gasteiger partial charge in [0.05, 0.1) is 0 Å². The van der Waals surface area contributed by atoms with Crippen LogP contribution in [0.25, 0.3) is 0 Å². The van der Waals surface area contributed by atoms with Crippen molar-refractivity contribution in [2.24, 2.45) is 0 Å². The van der Waals surface area contributed by atoms with Gasteiger partial charge in [-0.25, -0.2) is 0 Å². The maximum Gasteiger partial charge on any atom is 0.244 e. The topological polar surface area (TPSA) is 49.3 Å². The fourth-order valence-corrected chi connectivity index (χ4v) is 3.57. The van der Waals surface area contributed by atoms with Crippen molar-refractivity contribution in [2.45, 2.75) is 12.3 Å². The molecule has 3 aromatic carbocycles. The molecule has 0 saturated carbocycles. The molecule has 1 unspecified atom stereocenters. The van der Waals surface area contributed by atoms with Crippen molar-refractivity contribution >= 4 is 11.6 Å². The van der Waals surface area contributed by atoms with E-state index in [4.69, 9.17) is 0 Å². The van der Waals surface area contributed by atoms with Gasteiger partial charge < -0.3 is 10.4 Å². The van der Waals surface area contributed by atoms with Gasteiger partial charge in [0.2, 0.25) is 5.91 Å². The van der Waals surface area contributed by atoms with Crippen LogP contribution in [0, 0.1) is 6.92 Å². The van der Waals surface area contributed by atoms with Gasteiger partial charge in [-0.3, -0.25) is 4.79 Å². The second-order valence-corrected chi connectivity index (χ2v) is 6.12. The molecular weight excluding hydrogens is 298 g/mol. The number of aromatic hydroxyl groups is 1. The molecule has 118 valence electrons. The van der Waals surface area contributed by atoms with Crippen LogP contribution in [0.1, 0.15) is 22.3 Å². The lowest BCUT2D eigenvalue weighted by molar-refractivity contribution is -0.118. The SMILES string of the molecule is Cc1cc(C2(c3ccccc3)C(=O)Nc3ccccc32)ccc1O. The lowest BCUT2D eigenvalue weighted by Crippen LogP contribution is -2.37. The molecule has 0 aliphatic carbocycles. The van der Waals surface area contributed by atoms with Gasteiger partial charge in [0.1, 0.15) is 11.2 Å². The van der Waals surface area contributed by atoms with Crippen LogP contribution in [0.4, 0.5) is 5.69 Å². The molecule has 1 heterocycles. The molecule has 3 nitrogen and oxygen atoms in total. The van der Waals surface area contributed by atoms with Crippen LogP contribution in [0.5, 0.6) is 5.75 Å². The van der Waals surface area contributed by atoms with Crippen molar-refractivity contribution in [3.05, 3.63) is 95.1 Å². The summed E-state index contributed by atoms with van der Waals surface area (Å²) in [5.74, 6) is 0.161. The molecule has 4 rings (SSSR count). The Hall–Kier alpha value is -3.07. The Morgan fingerprint density at radius 1 is 0.875 bits per heavy atom. The van der Waals surface area contributed by atoms with Crippen LogP contribution in [-0.4, -0.2) is 11.0 Å². The quantitative estimate of drug-likeness (QED) is 0.751. The summed E-state index contributed by atoms with van der Waals surface area (Å²) in [5.41, 5.74) is 3.38. The second-order valence-electron chi connectivity index (χ2n) is 6.12. The van der Waals surface area contributed by atoms with Crippen LogP contribution >= 0.6 is 0 Å². The number of hydrogen-bond acceptors (Lipinski definition) is 2. The fraction of sp³-hybridized carbons (Fsp3) is 0.0952. The normalized spacial score (nSPS) is 19.0. The number of nitrogens with one attached hydrogen (secondary N) is 1. The predicted molar refractivity (Wildman–Crippen MR) is 94.2 cm³/mol. The van der Waals surface area contributed by atoms with Crippen LogP contribution in [0.3, 0.4) is 0 Å². The van der Waals surface area contributed by atoms with Crippen molar-refractivity contribution < 1.29 is 9.90 Å². The number of amides is 1. The number of para-hydroxylation sites is 1. The first-order chi connectivity index (χ1) is 11.6. The predicted octanol–water partition coefficient (Wildman–Crippen LogP) is 3.99. The first kappa shape index (κ1) is 14.5. The van der Waals surface area contributed by atoms with Crippen molar-refractivity contribution in [3.8, 4) is 5.75 Å². The third-order valence-corrected chi connectivity index (χ3v) is 4.76. The van der Waals surface area contributed by atoms with Gasteiger partial charge in [-0.05, 0) is 35.7 Å². The molecule has 0 fully saturated rings. The molecular formula is C21H17NO2. The highest BCUT2D eigenvalue weighted by Crippen LogP contribution is 2.47. The van der Waals surface area contributed by atoms with Gasteiger partial charge >= 0.3 is 0 Å². The van der Waals surface area contributed by atoms with Gasteiger partial charge in [0.15, 0.2) is 0 Å². The summed E-state index contributed by atoms with van der Waals surface area (Å²) in [6.45, 7) is 1.84. The number of carbonyl (C=O) groups is 1. The molecule has 0 spiro atoms. The van der Waals surface area contributed by atoms with Crippen LogP contribution in [0.2, 0.25) is 0 Å². The van der Waals surface area contributed by atoms with E-state index < -0.39 is 5.41 Å². The number of hydrogen-bond donors (Lipinski definition) is 2. The minimum Gasteiger partial charge on any atom is -0.508 e. The molecule has 1 aliphatic heterocycles. The minimum atomic E-state index is -0.906. The molecule has 0 saturated heterocycles. The number of rotatable bonds is 2. The monoisotopic (exact) mass is 315 g/mol. The molecule has 0 radical (unpaired) electrons. The number of phenolic OH excluding ortho intramolecular Hbond substituents is 1. The van der Waals surface area contributed by atoms with E-state index in [-0.39, 0.29) is 11.7 Å². The van der Waals surface area contributed by atoms with Crippen molar-refractivity contribution in [3.63, 3.8) is 0 Å². The van der Waals surface area contributed by atoms with Gasteiger partial charge in [-0.2, -0.15) is 0 Å². The zero-order chi connectivity index (χ0) is 16.7. The third kappa shape index (κ3) is 1.88. The van der Waals surface area contributed by atoms with E-state index in [1.54, 1.807) is 6.07 Å². The van der Waals surface area contributed by atoms with Gasteiger partial charge in [0.25, 0.3) is 0 Å². The van der Waals surface area contributed by atoms with E-state index in [0.717, 1.165) is 27.9 Å². The van der Waals surface area contributed by atoms with Gasteiger partial charge in [-0.15, -0.1) is 0 Å². The van der Waals surface area contributed by atoms with E-state index in [0.29, 0.717) is 0 Å². The first-order valence-electron chi connectivity index (χ1n) is 7.90. The highest BCUT2D eigenvalue weighted by molar-refractivity contribution is 6.11. The van der Waals surface area contributed by atoms with Gasteiger partial charge in [-0.1, -0.05) is 60.7 Å². The van der Waals surface area contributed by atoms with E-state index in [9.17, 15) is 9.90 Å². The van der Waals surface area contributed by atoms with Crippen molar-refractivity contribution in [2.75, 3.05) is 5.32 Å². The molecule has 0 bridgehead atoms. The molecule has 3 aromatic rings. The van der Waals surface area contributed by atoms with E-state index in [1.165, 1.54) is 0 Å². The number of anilines is 1. The Kier molecular flexibility index (Phi) is 3.17. The molecule has 1 amide bonds. The molecule has 0 aromatic heterocycles. The number of phenols is 1.